The fraction of sp³-hybridized carbons (Fsp3) is 0.308. The Kier molecular flexibility index (Phi) is 3.45. The molecule has 0 N–H and O–H groups in total. The molecule has 0 unspecified atom stereocenters. The van der Waals surface area contributed by atoms with Crippen molar-refractivity contribution in [1.82, 2.24) is 9.78 Å². The lowest BCUT2D eigenvalue weighted by Crippen LogP contribution is -2.03. The fourth-order valence-electron chi connectivity index (χ4n) is 2.16. The number of halogens is 1. The average Bonchev–Trinajstić information content (AvgIpc) is 2.57. The molecule has 0 radical (unpaired) electrons. The van der Waals surface area contributed by atoms with Gasteiger partial charge in [0.15, 0.2) is 0 Å². The van der Waals surface area contributed by atoms with E-state index >= 15 is 0 Å². The van der Waals surface area contributed by atoms with Crippen LogP contribution >= 0.6 is 10.7 Å². The molecule has 0 spiro atoms. The molecular weight excluding hydrogens is 284 g/mol. The first kappa shape index (κ1) is 14.1. The van der Waals surface area contributed by atoms with Crippen LogP contribution in [0.3, 0.4) is 0 Å². The topological polar surface area (TPSA) is 52.0 Å². The van der Waals surface area contributed by atoms with Gasteiger partial charge in [0.1, 0.15) is 4.90 Å². The zero-order valence-electron chi connectivity index (χ0n) is 11.2. The molecule has 1 heterocycles. The molecular formula is C13H15ClN2O2S. The Bertz CT molecular complexity index is 748. The summed E-state index contributed by atoms with van der Waals surface area (Å²) >= 11 is 0. The number of hydrogen-bond acceptors (Lipinski definition) is 3. The third-order valence-corrected chi connectivity index (χ3v) is 4.60. The molecule has 0 bridgehead atoms. The number of rotatable bonds is 2. The molecule has 0 amide bonds. The second kappa shape index (κ2) is 4.65. The van der Waals surface area contributed by atoms with Crippen molar-refractivity contribution in [3.8, 4) is 5.69 Å². The minimum Gasteiger partial charge on any atom is -0.236 e. The van der Waals surface area contributed by atoms with E-state index in [1.165, 1.54) is 0 Å². The highest BCUT2D eigenvalue weighted by atomic mass is 35.7. The summed E-state index contributed by atoms with van der Waals surface area (Å²) in [5.41, 5.74) is 3.92. The van der Waals surface area contributed by atoms with Crippen molar-refractivity contribution in [3.63, 3.8) is 0 Å². The summed E-state index contributed by atoms with van der Waals surface area (Å²) in [5, 5.41) is 4.30. The van der Waals surface area contributed by atoms with E-state index in [1.807, 2.05) is 32.0 Å². The molecule has 1 aromatic carbocycles. The Morgan fingerprint density at radius 1 is 1.16 bits per heavy atom. The third-order valence-electron chi connectivity index (χ3n) is 3.06. The predicted octanol–water partition coefficient (Wildman–Crippen LogP) is 3.03. The standard InChI is InChI=1S/C13H15ClN2O2S/c1-8-5-6-9(2)12(7-8)16-11(4)13(10(3)15-16)19(14,17)18/h5-7H,1-4H3. The number of aromatic nitrogens is 2. The van der Waals surface area contributed by atoms with Crippen LogP contribution < -0.4 is 0 Å². The van der Waals surface area contributed by atoms with Crippen molar-refractivity contribution in [2.24, 2.45) is 0 Å². The molecule has 4 nitrogen and oxygen atoms in total. The van der Waals surface area contributed by atoms with E-state index in [0.717, 1.165) is 16.8 Å². The van der Waals surface area contributed by atoms with E-state index < -0.39 is 9.05 Å². The molecule has 0 aliphatic rings. The summed E-state index contributed by atoms with van der Waals surface area (Å²) < 4.78 is 24.8. The molecule has 0 atom stereocenters. The zero-order chi connectivity index (χ0) is 14.4. The lowest BCUT2D eigenvalue weighted by atomic mass is 10.1. The minimum atomic E-state index is -3.79. The zero-order valence-corrected chi connectivity index (χ0v) is 12.8. The van der Waals surface area contributed by atoms with E-state index in [-0.39, 0.29) is 4.90 Å². The van der Waals surface area contributed by atoms with E-state index in [4.69, 9.17) is 10.7 Å². The van der Waals surface area contributed by atoms with Gasteiger partial charge in [-0.1, -0.05) is 12.1 Å². The van der Waals surface area contributed by atoms with Crippen molar-refractivity contribution < 1.29 is 8.42 Å². The number of benzene rings is 1. The van der Waals surface area contributed by atoms with E-state index in [0.29, 0.717) is 11.4 Å². The highest BCUT2D eigenvalue weighted by Gasteiger charge is 2.23. The van der Waals surface area contributed by atoms with Crippen molar-refractivity contribution in [2.45, 2.75) is 32.6 Å². The summed E-state index contributed by atoms with van der Waals surface area (Å²) in [4.78, 5) is 0.0927. The highest BCUT2D eigenvalue weighted by molar-refractivity contribution is 8.13. The Morgan fingerprint density at radius 3 is 2.32 bits per heavy atom. The van der Waals surface area contributed by atoms with Crippen molar-refractivity contribution in [2.75, 3.05) is 0 Å². The largest absolute Gasteiger partial charge is 0.264 e. The van der Waals surface area contributed by atoms with Crippen LogP contribution in [-0.4, -0.2) is 18.2 Å². The number of nitrogens with zero attached hydrogens (tertiary/aromatic N) is 2. The Balaban J connectivity index is 2.75. The number of hydrogen-bond donors (Lipinski definition) is 0. The summed E-state index contributed by atoms with van der Waals surface area (Å²) in [5.74, 6) is 0. The molecule has 1 aromatic heterocycles. The van der Waals surface area contributed by atoms with Crippen LogP contribution in [0.4, 0.5) is 0 Å². The van der Waals surface area contributed by atoms with Gasteiger partial charge >= 0.3 is 0 Å². The molecule has 19 heavy (non-hydrogen) atoms. The van der Waals surface area contributed by atoms with Crippen LogP contribution in [0.1, 0.15) is 22.5 Å². The lowest BCUT2D eigenvalue weighted by molar-refractivity contribution is 0.608. The maximum Gasteiger partial charge on any atom is 0.264 e. The normalized spacial score (nSPS) is 11.8. The lowest BCUT2D eigenvalue weighted by Gasteiger charge is -2.09. The monoisotopic (exact) mass is 298 g/mol. The molecule has 0 aliphatic heterocycles. The van der Waals surface area contributed by atoms with Crippen LogP contribution in [0.25, 0.3) is 5.69 Å². The van der Waals surface area contributed by atoms with Gasteiger partial charge in [0, 0.05) is 10.7 Å². The number of aryl methyl sites for hydroxylation is 3. The first-order chi connectivity index (χ1) is 8.71. The maximum absolute atomic E-state index is 11.6. The molecule has 2 aromatic rings. The van der Waals surface area contributed by atoms with Crippen molar-refractivity contribution >= 4 is 19.7 Å². The van der Waals surface area contributed by atoms with Gasteiger partial charge < -0.3 is 0 Å². The summed E-state index contributed by atoms with van der Waals surface area (Å²) in [6.07, 6.45) is 0. The molecule has 2 rings (SSSR count). The molecule has 0 saturated heterocycles. The van der Waals surface area contributed by atoms with Crippen LogP contribution in [-0.2, 0) is 9.05 Å². The highest BCUT2D eigenvalue weighted by Crippen LogP contribution is 2.26. The molecule has 0 fully saturated rings. The molecule has 102 valence electrons. The van der Waals surface area contributed by atoms with Crippen molar-refractivity contribution in [3.05, 3.63) is 40.7 Å². The Hall–Kier alpha value is -1.33. The van der Waals surface area contributed by atoms with Gasteiger partial charge in [0.2, 0.25) is 0 Å². The van der Waals surface area contributed by atoms with E-state index in [9.17, 15) is 8.42 Å². The minimum absolute atomic E-state index is 0.0927. The van der Waals surface area contributed by atoms with Gasteiger partial charge in [-0.05, 0) is 44.9 Å². The summed E-state index contributed by atoms with van der Waals surface area (Å²) in [6, 6.07) is 5.96. The first-order valence-corrected chi connectivity index (χ1v) is 8.11. The quantitative estimate of drug-likeness (QED) is 0.801. The van der Waals surface area contributed by atoms with Gasteiger partial charge in [-0.15, -0.1) is 0 Å². The van der Waals surface area contributed by atoms with Gasteiger partial charge in [0.25, 0.3) is 9.05 Å². The fourth-order valence-corrected chi connectivity index (χ4v) is 3.67. The van der Waals surface area contributed by atoms with E-state index in [1.54, 1.807) is 18.5 Å². The molecule has 6 heteroatoms. The Morgan fingerprint density at radius 2 is 1.79 bits per heavy atom. The Labute approximate surface area is 117 Å². The van der Waals surface area contributed by atoms with Crippen LogP contribution in [0.5, 0.6) is 0 Å². The third kappa shape index (κ3) is 2.53. The van der Waals surface area contributed by atoms with Crippen LogP contribution in [0.15, 0.2) is 23.1 Å². The molecule has 0 saturated carbocycles. The summed E-state index contributed by atoms with van der Waals surface area (Å²) in [6.45, 7) is 7.29. The van der Waals surface area contributed by atoms with Crippen LogP contribution in [0, 0.1) is 27.7 Å². The average molecular weight is 299 g/mol. The van der Waals surface area contributed by atoms with Gasteiger partial charge in [-0.3, -0.25) is 0 Å². The van der Waals surface area contributed by atoms with Gasteiger partial charge in [-0.25, -0.2) is 13.1 Å². The van der Waals surface area contributed by atoms with Crippen molar-refractivity contribution in [1.29, 1.82) is 0 Å². The van der Waals surface area contributed by atoms with Gasteiger partial charge in [0.05, 0.1) is 17.1 Å². The van der Waals surface area contributed by atoms with Gasteiger partial charge in [-0.2, -0.15) is 5.10 Å². The second-order valence-electron chi connectivity index (χ2n) is 4.64. The van der Waals surface area contributed by atoms with E-state index in [2.05, 4.69) is 5.10 Å². The SMILES string of the molecule is Cc1ccc(C)c(-n2nc(C)c(S(=O)(=O)Cl)c2C)c1. The first-order valence-electron chi connectivity index (χ1n) is 5.80. The summed E-state index contributed by atoms with van der Waals surface area (Å²) in [7, 11) is 1.67. The molecule has 0 aliphatic carbocycles. The smallest absolute Gasteiger partial charge is 0.236 e. The van der Waals surface area contributed by atoms with Crippen LogP contribution in [0.2, 0.25) is 0 Å². The maximum atomic E-state index is 11.6. The second-order valence-corrected chi connectivity index (χ2v) is 7.14. The predicted molar refractivity (Wildman–Crippen MR) is 75.6 cm³/mol.